The van der Waals surface area contributed by atoms with Gasteiger partial charge in [0.25, 0.3) is 0 Å². The Morgan fingerprint density at radius 1 is 1.19 bits per heavy atom. The van der Waals surface area contributed by atoms with Crippen molar-refractivity contribution in [3.05, 3.63) is 82.4 Å². The second kappa shape index (κ2) is 8.13. The molecule has 3 rings (SSSR count). The molecule has 1 aliphatic carbocycles. The molecule has 1 unspecified atom stereocenters. The van der Waals surface area contributed by atoms with Gasteiger partial charge in [-0.1, -0.05) is 61.5 Å². The molecule has 0 bridgehead atoms. The van der Waals surface area contributed by atoms with E-state index in [2.05, 4.69) is 31.7 Å². The lowest BCUT2D eigenvalue weighted by atomic mass is 9.79. The molecule has 6 N–H and O–H groups in total. The number of rotatable bonds is 5. The molecule has 3 nitrogen and oxygen atoms in total. The van der Waals surface area contributed by atoms with Crippen LogP contribution in [0.15, 0.2) is 55.1 Å². The third-order valence-electron chi connectivity index (χ3n) is 5.18. The van der Waals surface area contributed by atoms with E-state index < -0.39 is 6.17 Å². The summed E-state index contributed by atoms with van der Waals surface area (Å²) < 4.78 is 0. The maximum atomic E-state index is 6.46. The molecule has 2 aromatic carbocycles. The van der Waals surface area contributed by atoms with Crippen molar-refractivity contribution in [2.24, 2.45) is 17.4 Å². The second-order valence-electron chi connectivity index (χ2n) is 6.88. The van der Waals surface area contributed by atoms with Crippen molar-refractivity contribution in [2.45, 2.75) is 25.9 Å². The number of allylic oxidation sites excluding steroid dienone is 4. The predicted octanol–water partition coefficient (Wildman–Crippen LogP) is 5.38. The zero-order chi connectivity index (χ0) is 19.6. The molecule has 0 aliphatic heterocycles. The van der Waals surface area contributed by atoms with Crippen LogP contribution in [0.4, 0.5) is 5.69 Å². The monoisotopic (exact) mass is 379 g/mol. The Bertz CT molecular complexity index is 925. The SMILES string of the molecule is C=Cc1ccc(C2=C(c3ccc(N)c(C(N)N)c3)C=CCC2CC)cc1Cl. The summed E-state index contributed by atoms with van der Waals surface area (Å²) in [6, 6.07) is 12.1. The van der Waals surface area contributed by atoms with Crippen LogP contribution in [0.2, 0.25) is 5.02 Å². The number of benzene rings is 2. The maximum absolute atomic E-state index is 6.46. The van der Waals surface area contributed by atoms with Gasteiger partial charge in [0.2, 0.25) is 0 Å². The van der Waals surface area contributed by atoms with Gasteiger partial charge in [-0.05, 0) is 64.8 Å². The summed E-state index contributed by atoms with van der Waals surface area (Å²) in [6.45, 7) is 6.03. The van der Waals surface area contributed by atoms with E-state index in [9.17, 15) is 0 Å². The van der Waals surface area contributed by atoms with E-state index in [0.29, 0.717) is 16.6 Å². The van der Waals surface area contributed by atoms with Gasteiger partial charge in [-0.15, -0.1) is 0 Å². The summed E-state index contributed by atoms with van der Waals surface area (Å²) in [5.74, 6) is 0.420. The van der Waals surface area contributed by atoms with Crippen LogP contribution in [0.1, 0.15) is 48.2 Å². The fourth-order valence-corrected chi connectivity index (χ4v) is 3.94. The summed E-state index contributed by atoms with van der Waals surface area (Å²) in [7, 11) is 0. The van der Waals surface area contributed by atoms with Crippen molar-refractivity contribution < 1.29 is 0 Å². The van der Waals surface area contributed by atoms with Crippen LogP contribution in [0.25, 0.3) is 17.2 Å². The van der Waals surface area contributed by atoms with Crippen molar-refractivity contribution >= 4 is 34.5 Å². The lowest BCUT2D eigenvalue weighted by molar-refractivity contribution is 0.654. The highest BCUT2D eigenvalue weighted by atomic mass is 35.5. The van der Waals surface area contributed by atoms with Crippen molar-refractivity contribution in [2.75, 3.05) is 5.73 Å². The van der Waals surface area contributed by atoms with Crippen LogP contribution in [0.3, 0.4) is 0 Å². The molecule has 0 radical (unpaired) electrons. The van der Waals surface area contributed by atoms with Crippen molar-refractivity contribution in [1.82, 2.24) is 0 Å². The van der Waals surface area contributed by atoms with Crippen LogP contribution < -0.4 is 17.2 Å². The van der Waals surface area contributed by atoms with E-state index in [4.69, 9.17) is 28.8 Å². The average molecular weight is 380 g/mol. The van der Waals surface area contributed by atoms with Crippen LogP contribution >= 0.6 is 11.6 Å². The highest BCUT2D eigenvalue weighted by Crippen LogP contribution is 2.41. The van der Waals surface area contributed by atoms with E-state index in [0.717, 1.165) is 40.7 Å². The standard InChI is InChI=1S/C23H26ClN3/c1-3-14-8-9-17(13-20(14)24)22-15(4-2)6-5-7-18(22)16-10-11-21(25)19(12-16)23(26)27/h3,5,7-13,15,23H,1,4,6,25-27H2,2H3. The Kier molecular flexibility index (Phi) is 5.85. The topological polar surface area (TPSA) is 78.1 Å². The zero-order valence-electron chi connectivity index (χ0n) is 15.6. The van der Waals surface area contributed by atoms with E-state index in [-0.39, 0.29) is 0 Å². The molecule has 0 aromatic heterocycles. The van der Waals surface area contributed by atoms with Gasteiger partial charge in [-0.3, -0.25) is 0 Å². The lowest BCUT2D eigenvalue weighted by Gasteiger charge is -2.26. The second-order valence-corrected chi connectivity index (χ2v) is 7.29. The molecular formula is C23H26ClN3. The number of hydrogen-bond acceptors (Lipinski definition) is 3. The number of anilines is 1. The van der Waals surface area contributed by atoms with Gasteiger partial charge in [-0.25, -0.2) is 0 Å². The first kappa shape index (κ1) is 19.4. The Hall–Kier alpha value is -2.33. The van der Waals surface area contributed by atoms with E-state index in [1.807, 2.05) is 30.3 Å². The van der Waals surface area contributed by atoms with Gasteiger partial charge in [0.05, 0.1) is 6.17 Å². The first-order valence-electron chi connectivity index (χ1n) is 9.20. The maximum Gasteiger partial charge on any atom is 0.0805 e. The summed E-state index contributed by atoms with van der Waals surface area (Å²) in [6.07, 6.45) is 7.62. The number of nitrogens with two attached hydrogens (primary N) is 3. The van der Waals surface area contributed by atoms with Gasteiger partial charge < -0.3 is 17.2 Å². The molecule has 140 valence electrons. The minimum Gasteiger partial charge on any atom is -0.398 e. The third-order valence-corrected chi connectivity index (χ3v) is 5.51. The van der Waals surface area contributed by atoms with E-state index in [1.54, 1.807) is 6.08 Å². The summed E-state index contributed by atoms with van der Waals surface area (Å²) in [5.41, 5.74) is 24.8. The fraction of sp³-hybridized carbons (Fsp3) is 0.217. The first-order chi connectivity index (χ1) is 13.0. The molecule has 1 atom stereocenters. The summed E-state index contributed by atoms with van der Waals surface area (Å²) in [5, 5.41) is 0.709. The van der Waals surface area contributed by atoms with Crippen molar-refractivity contribution in [1.29, 1.82) is 0 Å². The summed E-state index contributed by atoms with van der Waals surface area (Å²) in [4.78, 5) is 0. The Morgan fingerprint density at radius 3 is 2.56 bits per heavy atom. The average Bonchev–Trinajstić information content (AvgIpc) is 2.67. The molecule has 0 fully saturated rings. The van der Waals surface area contributed by atoms with E-state index >= 15 is 0 Å². The smallest absolute Gasteiger partial charge is 0.0805 e. The molecule has 1 aliphatic rings. The minimum atomic E-state index is -0.607. The fourth-order valence-electron chi connectivity index (χ4n) is 3.68. The van der Waals surface area contributed by atoms with Gasteiger partial charge in [0.1, 0.15) is 0 Å². The molecule has 0 spiro atoms. The Labute approximate surface area is 166 Å². The largest absolute Gasteiger partial charge is 0.398 e. The van der Waals surface area contributed by atoms with Crippen molar-refractivity contribution in [3.8, 4) is 0 Å². The predicted molar refractivity (Wildman–Crippen MR) is 118 cm³/mol. The molecule has 0 amide bonds. The van der Waals surface area contributed by atoms with Gasteiger partial charge in [-0.2, -0.15) is 0 Å². The first-order valence-corrected chi connectivity index (χ1v) is 9.58. The minimum absolute atomic E-state index is 0.420. The molecule has 0 saturated heterocycles. The zero-order valence-corrected chi connectivity index (χ0v) is 16.3. The van der Waals surface area contributed by atoms with Gasteiger partial charge in [0.15, 0.2) is 0 Å². The quantitative estimate of drug-likeness (QED) is 0.482. The number of nitrogen functional groups attached to an aromatic ring is 1. The van der Waals surface area contributed by atoms with Crippen LogP contribution in [-0.4, -0.2) is 0 Å². The van der Waals surface area contributed by atoms with Crippen LogP contribution in [0.5, 0.6) is 0 Å². The summed E-state index contributed by atoms with van der Waals surface area (Å²) >= 11 is 6.46. The van der Waals surface area contributed by atoms with Crippen molar-refractivity contribution in [3.63, 3.8) is 0 Å². The third kappa shape index (κ3) is 3.86. The molecule has 0 saturated carbocycles. The number of hydrogen-bond donors (Lipinski definition) is 3. The normalized spacial score (nSPS) is 16.9. The molecule has 27 heavy (non-hydrogen) atoms. The number of halogens is 1. The molecule has 2 aromatic rings. The molecular weight excluding hydrogens is 354 g/mol. The van der Waals surface area contributed by atoms with Gasteiger partial charge >= 0.3 is 0 Å². The lowest BCUT2D eigenvalue weighted by Crippen LogP contribution is -2.21. The molecule has 0 heterocycles. The van der Waals surface area contributed by atoms with Crippen LogP contribution in [0, 0.1) is 5.92 Å². The molecule has 4 heteroatoms. The van der Waals surface area contributed by atoms with Crippen LogP contribution in [-0.2, 0) is 0 Å². The van der Waals surface area contributed by atoms with E-state index in [1.165, 1.54) is 5.57 Å². The highest BCUT2D eigenvalue weighted by Gasteiger charge is 2.22. The Balaban J connectivity index is 2.22. The Morgan fingerprint density at radius 2 is 1.93 bits per heavy atom. The highest BCUT2D eigenvalue weighted by molar-refractivity contribution is 6.32. The van der Waals surface area contributed by atoms with Gasteiger partial charge in [0, 0.05) is 16.3 Å².